The average Bonchev–Trinajstić information content (AvgIpc) is 2.54. The molecule has 0 bridgehead atoms. The van der Waals surface area contributed by atoms with Crippen LogP contribution in [-0.2, 0) is 11.2 Å². The molecule has 1 aliphatic heterocycles. The van der Waals surface area contributed by atoms with Gasteiger partial charge in [0.1, 0.15) is 0 Å². The molecule has 1 aliphatic rings. The lowest BCUT2D eigenvalue weighted by molar-refractivity contribution is -0.120. The maximum absolute atomic E-state index is 10.7. The molecule has 1 aromatic rings. The molecule has 0 N–H and O–H groups in total. The van der Waals surface area contributed by atoms with Crippen LogP contribution in [0.25, 0.3) is 0 Å². The Morgan fingerprint density at radius 3 is 2.38 bits per heavy atom. The molecule has 1 fully saturated rings. The van der Waals surface area contributed by atoms with E-state index >= 15 is 0 Å². The first-order valence-corrected chi connectivity index (χ1v) is 7.32. The summed E-state index contributed by atoms with van der Waals surface area (Å²) in [5.41, 5.74) is 1.23. The molecule has 1 heterocycles. The van der Waals surface area contributed by atoms with E-state index in [4.69, 9.17) is 9.47 Å². The van der Waals surface area contributed by atoms with Crippen LogP contribution in [0.1, 0.15) is 12.5 Å². The molecule has 1 aromatic carbocycles. The van der Waals surface area contributed by atoms with Crippen LogP contribution in [-0.4, -0.2) is 62.7 Å². The van der Waals surface area contributed by atoms with Gasteiger partial charge in [-0.1, -0.05) is 6.07 Å². The fourth-order valence-electron chi connectivity index (χ4n) is 2.76. The minimum Gasteiger partial charge on any atom is -0.493 e. The molecule has 21 heavy (non-hydrogen) atoms. The van der Waals surface area contributed by atoms with Crippen LogP contribution in [0.3, 0.4) is 0 Å². The standard InChI is InChI=1S/C16H24N2O3/c1-13(18-8-6-17(12-19)7-9-18)10-14-4-5-15(20-2)16(11-14)21-3/h4-5,11-13H,6-10H2,1-3H3/t13-/m0/s1. The first-order chi connectivity index (χ1) is 10.2. The number of ether oxygens (including phenoxy) is 2. The zero-order chi connectivity index (χ0) is 15.2. The van der Waals surface area contributed by atoms with Gasteiger partial charge in [-0.3, -0.25) is 9.69 Å². The molecule has 5 heteroatoms. The molecule has 2 rings (SSSR count). The Bertz CT molecular complexity index is 471. The topological polar surface area (TPSA) is 42.0 Å². The first kappa shape index (κ1) is 15.6. The lowest BCUT2D eigenvalue weighted by atomic mass is 10.0. The monoisotopic (exact) mass is 292 g/mol. The van der Waals surface area contributed by atoms with E-state index in [2.05, 4.69) is 17.9 Å². The number of hydrogen-bond acceptors (Lipinski definition) is 4. The van der Waals surface area contributed by atoms with Crippen molar-refractivity contribution < 1.29 is 14.3 Å². The van der Waals surface area contributed by atoms with Crippen molar-refractivity contribution in [1.82, 2.24) is 9.80 Å². The van der Waals surface area contributed by atoms with Gasteiger partial charge in [0, 0.05) is 32.2 Å². The first-order valence-electron chi connectivity index (χ1n) is 7.32. The van der Waals surface area contributed by atoms with Crippen LogP contribution in [0.4, 0.5) is 0 Å². The molecule has 1 saturated heterocycles. The van der Waals surface area contributed by atoms with Crippen LogP contribution < -0.4 is 9.47 Å². The maximum Gasteiger partial charge on any atom is 0.209 e. The number of carbonyl (C=O) groups excluding carboxylic acids is 1. The molecule has 0 spiro atoms. The molecule has 5 nitrogen and oxygen atoms in total. The summed E-state index contributed by atoms with van der Waals surface area (Å²) in [7, 11) is 3.30. The van der Waals surface area contributed by atoms with E-state index in [1.54, 1.807) is 14.2 Å². The van der Waals surface area contributed by atoms with E-state index in [0.29, 0.717) is 6.04 Å². The van der Waals surface area contributed by atoms with Crippen LogP contribution in [0.15, 0.2) is 18.2 Å². The number of hydrogen-bond donors (Lipinski definition) is 0. The minimum absolute atomic E-state index is 0.442. The third kappa shape index (κ3) is 3.88. The fourth-order valence-corrected chi connectivity index (χ4v) is 2.76. The van der Waals surface area contributed by atoms with Gasteiger partial charge in [-0.15, -0.1) is 0 Å². The highest BCUT2D eigenvalue weighted by molar-refractivity contribution is 5.47. The van der Waals surface area contributed by atoms with Gasteiger partial charge in [-0.05, 0) is 31.0 Å². The molecule has 1 amide bonds. The normalized spacial score (nSPS) is 17.4. The zero-order valence-corrected chi connectivity index (χ0v) is 13.0. The second-order valence-electron chi connectivity index (χ2n) is 5.42. The summed E-state index contributed by atoms with van der Waals surface area (Å²) >= 11 is 0. The number of rotatable bonds is 6. The van der Waals surface area contributed by atoms with Crippen molar-refractivity contribution in [3.63, 3.8) is 0 Å². The Morgan fingerprint density at radius 2 is 1.81 bits per heavy atom. The van der Waals surface area contributed by atoms with Gasteiger partial charge in [0.15, 0.2) is 11.5 Å². The average molecular weight is 292 g/mol. The summed E-state index contributed by atoms with van der Waals surface area (Å²) in [5, 5.41) is 0. The summed E-state index contributed by atoms with van der Waals surface area (Å²) in [6, 6.07) is 6.51. The highest BCUT2D eigenvalue weighted by Crippen LogP contribution is 2.28. The Labute approximate surface area is 126 Å². The van der Waals surface area contributed by atoms with Gasteiger partial charge in [0.05, 0.1) is 14.2 Å². The van der Waals surface area contributed by atoms with Crippen molar-refractivity contribution in [2.24, 2.45) is 0 Å². The number of nitrogens with zero attached hydrogens (tertiary/aromatic N) is 2. The lowest BCUT2D eigenvalue weighted by Gasteiger charge is -2.36. The number of carbonyl (C=O) groups is 1. The second-order valence-corrected chi connectivity index (χ2v) is 5.42. The molecule has 116 valence electrons. The summed E-state index contributed by atoms with van der Waals surface area (Å²) in [6.07, 6.45) is 1.90. The summed E-state index contributed by atoms with van der Waals surface area (Å²) in [4.78, 5) is 15.0. The van der Waals surface area contributed by atoms with Gasteiger partial charge >= 0.3 is 0 Å². The smallest absolute Gasteiger partial charge is 0.209 e. The van der Waals surface area contributed by atoms with Gasteiger partial charge in [0.25, 0.3) is 0 Å². The van der Waals surface area contributed by atoms with Crippen LogP contribution in [0.2, 0.25) is 0 Å². The quantitative estimate of drug-likeness (QED) is 0.744. The highest BCUT2D eigenvalue weighted by Gasteiger charge is 2.20. The molecule has 0 radical (unpaired) electrons. The molecule has 1 atom stereocenters. The van der Waals surface area contributed by atoms with Gasteiger partial charge in [-0.25, -0.2) is 0 Å². The van der Waals surface area contributed by atoms with E-state index in [9.17, 15) is 4.79 Å². The van der Waals surface area contributed by atoms with Crippen LogP contribution in [0, 0.1) is 0 Å². The predicted octanol–water partition coefficient (Wildman–Crippen LogP) is 1.41. The molecule has 0 saturated carbocycles. The zero-order valence-electron chi connectivity index (χ0n) is 13.0. The largest absolute Gasteiger partial charge is 0.493 e. The van der Waals surface area contributed by atoms with E-state index in [-0.39, 0.29) is 0 Å². The number of amides is 1. The minimum atomic E-state index is 0.442. The van der Waals surface area contributed by atoms with Gasteiger partial charge < -0.3 is 14.4 Å². The van der Waals surface area contributed by atoms with Crippen molar-refractivity contribution in [2.75, 3.05) is 40.4 Å². The third-order valence-electron chi connectivity index (χ3n) is 4.10. The van der Waals surface area contributed by atoms with Crippen molar-refractivity contribution in [1.29, 1.82) is 0 Å². The Balaban J connectivity index is 1.96. The SMILES string of the molecule is COc1ccc(C[C@H](C)N2CCN(C=O)CC2)cc1OC. The van der Waals surface area contributed by atoms with Crippen molar-refractivity contribution >= 4 is 6.41 Å². The molecule has 0 aromatic heterocycles. The maximum atomic E-state index is 10.7. The molecular weight excluding hydrogens is 268 g/mol. The number of piperazine rings is 1. The molecular formula is C16H24N2O3. The molecule has 0 aliphatic carbocycles. The Morgan fingerprint density at radius 1 is 1.14 bits per heavy atom. The van der Waals surface area contributed by atoms with E-state index in [1.807, 2.05) is 17.0 Å². The van der Waals surface area contributed by atoms with Crippen molar-refractivity contribution in [3.05, 3.63) is 23.8 Å². The number of methoxy groups -OCH3 is 2. The Kier molecular flexibility index (Phi) is 5.44. The molecule has 0 unspecified atom stereocenters. The van der Waals surface area contributed by atoms with Gasteiger partial charge in [-0.2, -0.15) is 0 Å². The van der Waals surface area contributed by atoms with E-state index in [1.165, 1.54) is 5.56 Å². The summed E-state index contributed by atoms with van der Waals surface area (Å²) in [6.45, 7) is 5.74. The third-order valence-corrected chi connectivity index (χ3v) is 4.10. The summed E-state index contributed by atoms with van der Waals surface area (Å²) < 4.78 is 10.6. The van der Waals surface area contributed by atoms with E-state index in [0.717, 1.165) is 50.5 Å². The second kappa shape index (κ2) is 7.31. The van der Waals surface area contributed by atoms with Crippen molar-refractivity contribution in [3.8, 4) is 11.5 Å². The highest BCUT2D eigenvalue weighted by atomic mass is 16.5. The van der Waals surface area contributed by atoms with Gasteiger partial charge in [0.2, 0.25) is 6.41 Å². The summed E-state index contributed by atoms with van der Waals surface area (Å²) in [5.74, 6) is 1.53. The fraction of sp³-hybridized carbons (Fsp3) is 0.562. The number of benzene rings is 1. The van der Waals surface area contributed by atoms with E-state index < -0.39 is 0 Å². The van der Waals surface area contributed by atoms with Crippen molar-refractivity contribution in [2.45, 2.75) is 19.4 Å². The van der Waals surface area contributed by atoms with Crippen LogP contribution in [0.5, 0.6) is 11.5 Å². The Hall–Kier alpha value is -1.75. The predicted molar refractivity (Wildman–Crippen MR) is 81.9 cm³/mol. The lowest BCUT2D eigenvalue weighted by Crippen LogP contribution is -2.49. The van der Waals surface area contributed by atoms with Crippen LogP contribution >= 0.6 is 0 Å².